The van der Waals surface area contributed by atoms with E-state index in [1.807, 2.05) is 103 Å². The van der Waals surface area contributed by atoms with E-state index in [0.29, 0.717) is 11.5 Å². The van der Waals surface area contributed by atoms with Gasteiger partial charge in [-0.2, -0.15) is 9.59 Å². The van der Waals surface area contributed by atoms with Gasteiger partial charge in [0.25, 0.3) is 0 Å². The van der Waals surface area contributed by atoms with Gasteiger partial charge in [0.05, 0.1) is 5.56 Å². The van der Waals surface area contributed by atoms with Crippen LogP contribution in [0.4, 0.5) is 0 Å². The molecule has 0 spiro atoms. The Hall–Kier alpha value is -8.04. The summed E-state index contributed by atoms with van der Waals surface area (Å²) in [7, 11) is 0. The van der Waals surface area contributed by atoms with Crippen LogP contribution in [0.5, 0.6) is 5.75 Å². The Kier molecular flexibility index (Phi) is 10.4. The van der Waals surface area contributed by atoms with Crippen molar-refractivity contribution in [3.05, 3.63) is 206 Å². The maximum Gasteiger partial charge on any atom is 0.231 e. The fraction of sp³-hybridized carbons (Fsp3) is 0. The van der Waals surface area contributed by atoms with E-state index in [2.05, 4.69) is 110 Å². The molecule has 0 saturated carbocycles. The topological polar surface area (TPSA) is 108 Å². The van der Waals surface area contributed by atoms with E-state index in [4.69, 9.17) is 4.42 Å². The third kappa shape index (κ3) is 7.44. The second-order valence-electron chi connectivity index (χ2n) is 14.6. The minimum atomic E-state index is 0. The molecule has 13 aromatic rings. The molecule has 0 saturated heterocycles. The summed E-state index contributed by atoms with van der Waals surface area (Å²) in [6, 6.07) is 70.6. The van der Waals surface area contributed by atoms with Gasteiger partial charge in [0.15, 0.2) is 5.58 Å². The van der Waals surface area contributed by atoms with Crippen molar-refractivity contribution >= 4 is 76.3 Å². The largest absolute Gasteiger partial charge is 0.507 e. The standard InChI is InChI=1S/2C20H12N3.C13H9NO2.Ir/c2*1-2-8-15-14(7-1)13-20(17-10-4-3-9-16(15)17)23-21-18-11-5-6-12-19(18)22-23;15-11-7-3-1-5-9(11)13-14-10-6-2-4-8-12(10)16-13;/h2*1-12H;1-8,15H;/q2*-1;;. The summed E-state index contributed by atoms with van der Waals surface area (Å²) in [6.45, 7) is 0. The number of oxazole rings is 1. The molecule has 3 aromatic heterocycles. The number of nitrogens with zero attached hydrogens (tertiary/aromatic N) is 7. The van der Waals surface area contributed by atoms with Gasteiger partial charge in [-0.05, 0) is 48.5 Å². The van der Waals surface area contributed by atoms with Crippen molar-refractivity contribution in [2.45, 2.75) is 0 Å². The maximum absolute atomic E-state index is 9.69. The van der Waals surface area contributed by atoms with Crippen molar-refractivity contribution in [3.8, 4) is 28.6 Å². The van der Waals surface area contributed by atoms with E-state index in [9.17, 15) is 5.11 Å². The van der Waals surface area contributed by atoms with Crippen molar-refractivity contribution in [2.24, 2.45) is 0 Å². The summed E-state index contributed by atoms with van der Waals surface area (Å²) in [4.78, 5) is 7.70. The number of aromatic nitrogens is 7. The molecule has 1 radical (unpaired) electrons. The van der Waals surface area contributed by atoms with E-state index in [-0.39, 0.29) is 25.9 Å². The van der Waals surface area contributed by atoms with Gasteiger partial charge in [0.1, 0.15) is 33.3 Å². The van der Waals surface area contributed by atoms with Crippen LogP contribution >= 0.6 is 0 Å². The molecule has 0 fully saturated rings. The first kappa shape index (κ1) is 39.1. The molecule has 0 unspecified atom stereocenters. The Morgan fingerprint density at radius 1 is 0.381 bits per heavy atom. The number of fused-ring (bicyclic) bond motifs is 9. The van der Waals surface area contributed by atoms with E-state index in [1.54, 1.807) is 27.8 Å². The molecule has 10 heteroatoms. The number of phenols is 1. The van der Waals surface area contributed by atoms with Crippen molar-refractivity contribution in [1.82, 2.24) is 35.0 Å². The molecule has 0 aliphatic carbocycles. The van der Waals surface area contributed by atoms with E-state index < -0.39 is 0 Å². The van der Waals surface area contributed by atoms with Crippen LogP contribution < -0.4 is 0 Å². The van der Waals surface area contributed by atoms with Crippen molar-refractivity contribution < 1.29 is 29.6 Å². The predicted molar refractivity (Wildman–Crippen MR) is 247 cm³/mol. The molecular formula is C53H33IrN7O2-2. The van der Waals surface area contributed by atoms with Gasteiger partial charge < -0.3 is 9.52 Å². The molecular weight excluding hydrogens is 959 g/mol. The van der Waals surface area contributed by atoms with E-state index in [0.717, 1.165) is 66.1 Å². The van der Waals surface area contributed by atoms with Crippen LogP contribution in [0.2, 0.25) is 0 Å². The maximum atomic E-state index is 9.69. The minimum Gasteiger partial charge on any atom is -0.507 e. The minimum absolute atomic E-state index is 0. The number of aromatic hydroxyl groups is 1. The summed E-state index contributed by atoms with van der Waals surface area (Å²) >= 11 is 0. The third-order valence-electron chi connectivity index (χ3n) is 10.7. The average Bonchev–Trinajstić information content (AvgIpc) is 4.09. The van der Waals surface area contributed by atoms with Crippen molar-refractivity contribution in [3.63, 3.8) is 0 Å². The summed E-state index contributed by atoms with van der Waals surface area (Å²) in [6.07, 6.45) is 0. The molecule has 0 aliphatic rings. The number of benzene rings is 10. The van der Waals surface area contributed by atoms with E-state index >= 15 is 0 Å². The predicted octanol–water partition coefficient (Wildman–Crippen LogP) is 12.3. The summed E-state index contributed by atoms with van der Waals surface area (Å²) in [5, 5.41) is 37.3. The van der Waals surface area contributed by atoms with Crippen LogP contribution in [0.1, 0.15) is 0 Å². The molecule has 303 valence electrons. The van der Waals surface area contributed by atoms with Gasteiger partial charge >= 0.3 is 0 Å². The second kappa shape index (κ2) is 16.8. The Balaban J connectivity index is 0.000000113. The zero-order valence-electron chi connectivity index (χ0n) is 33.3. The Labute approximate surface area is 373 Å². The SMILES string of the molecule is Oc1ccccc1-c1nc2ccccc2o1.[Ir].[c-]1c(-n2nc3ccccc3n2)c2ccccc2c2ccccc12.[c-]1c(-n2nc3ccccc3n2)c2ccccc2c2ccccc12. The molecule has 0 atom stereocenters. The molecule has 0 amide bonds. The molecule has 1 N–H and O–H groups in total. The Bertz CT molecular complexity index is 3470. The summed E-state index contributed by atoms with van der Waals surface area (Å²) in [5.41, 5.74) is 7.44. The number of rotatable bonds is 3. The van der Waals surface area contributed by atoms with Crippen LogP contribution in [0.3, 0.4) is 0 Å². The fourth-order valence-electron chi connectivity index (χ4n) is 7.77. The molecule has 10 aromatic carbocycles. The Morgan fingerprint density at radius 2 is 0.746 bits per heavy atom. The zero-order valence-corrected chi connectivity index (χ0v) is 35.7. The fourth-order valence-corrected chi connectivity index (χ4v) is 7.77. The van der Waals surface area contributed by atoms with Crippen molar-refractivity contribution in [1.29, 1.82) is 0 Å². The van der Waals surface area contributed by atoms with Crippen LogP contribution in [0, 0.1) is 12.1 Å². The second-order valence-corrected chi connectivity index (χ2v) is 14.6. The zero-order chi connectivity index (χ0) is 41.4. The third-order valence-corrected chi connectivity index (χ3v) is 10.7. The Morgan fingerprint density at radius 3 is 1.21 bits per heavy atom. The number of para-hydroxylation sites is 3. The van der Waals surface area contributed by atoms with Gasteiger partial charge in [-0.1, -0.05) is 143 Å². The van der Waals surface area contributed by atoms with Crippen LogP contribution in [-0.2, 0) is 20.1 Å². The molecule has 0 bridgehead atoms. The summed E-state index contributed by atoms with van der Waals surface area (Å²) in [5.74, 6) is 0.619. The normalized spacial score (nSPS) is 11.1. The molecule has 0 aliphatic heterocycles. The van der Waals surface area contributed by atoms with Crippen LogP contribution in [0.15, 0.2) is 199 Å². The van der Waals surface area contributed by atoms with E-state index in [1.165, 1.54) is 21.5 Å². The summed E-state index contributed by atoms with van der Waals surface area (Å²) < 4.78 is 5.56. The van der Waals surface area contributed by atoms with Crippen molar-refractivity contribution in [2.75, 3.05) is 0 Å². The van der Waals surface area contributed by atoms with Gasteiger partial charge in [0, 0.05) is 31.5 Å². The van der Waals surface area contributed by atoms with Gasteiger partial charge in [-0.15, -0.1) is 78.3 Å². The average molecular weight is 992 g/mol. The molecule has 63 heavy (non-hydrogen) atoms. The molecule has 3 heterocycles. The first-order valence-corrected chi connectivity index (χ1v) is 20.1. The van der Waals surface area contributed by atoms with Crippen LogP contribution in [0.25, 0.3) is 99.1 Å². The van der Waals surface area contributed by atoms with Crippen LogP contribution in [-0.4, -0.2) is 40.1 Å². The van der Waals surface area contributed by atoms with Gasteiger partial charge in [0.2, 0.25) is 5.89 Å². The quantitative estimate of drug-likeness (QED) is 0.139. The number of phenolic OH excluding ortho intramolecular Hbond substituents is 1. The van der Waals surface area contributed by atoms with Gasteiger partial charge in [-0.3, -0.25) is 0 Å². The first-order valence-electron chi connectivity index (χ1n) is 20.1. The molecule has 9 nitrogen and oxygen atoms in total. The number of hydrogen-bond acceptors (Lipinski definition) is 7. The van der Waals surface area contributed by atoms with Gasteiger partial charge in [-0.25, -0.2) is 4.98 Å². The first-order chi connectivity index (χ1) is 30.6. The monoisotopic (exact) mass is 992 g/mol. The number of hydrogen-bond donors (Lipinski definition) is 1. The smallest absolute Gasteiger partial charge is 0.231 e. The molecule has 13 rings (SSSR count).